The summed E-state index contributed by atoms with van der Waals surface area (Å²) in [6.07, 6.45) is 1.83. The summed E-state index contributed by atoms with van der Waals surface area (Å²) in [5.41, 5.74) is 2.33. The van der Waals surface area contributed by atoms with E-state index in [-0.39, 0.29) is 11.8 Å². The lowest BCUT2D eigenvalue weighted by atomic mass is 10.1. The highest BCUT2D eigenvalue weighted by Crippen LogP contribution is 2.34. The van der Waals surface area contributed by atoms with Gasteiger partial charge in [-0.1, -0.05) is 19.9 Å². The number of thiophene rings is 1. The SMILES string of the molecule is Cc1sc(-c2nnc(C(C)C)o2)cc1NC(=O)c1cccc2[nH]ccc12. The molecule has 1 aromatic carbocycles. The van der Waals surface area contributed by atoms with Crippen molar-refractivity contribution < 1.29 is 9.21 Å². The molecule has 3 aromatic heterocycles. The van der Waals surface area contributed by atoms with Crippen molar-refractivity contribution in [3.8, 4) is 10.8 Å². The Hall–Kier alpha value is -2.93. The van der Waals surface area contributed by atoms with E-state index in [2.05, 4.69) is 20.5 Å². The summed E-state index contributed by atoms with van der Waals surface area (Å²) in [5.74, 6) is 1.13. The van der Waals surface area contributed by atoms with Crippen LogP contribution in [0, 0.1) is 6.92 Å². The quantitative estimate of drug-likeness (QED) is 0.534. The van der Waals surface area contributed by atoms with E-state index in [9.17, 15) is 4.79 Å². The number of aromatic nitrogens is 3. The Bertz CT molecular complexity index is 1090. The number of hydrogen-bond donors (Lipinski definition) is 2. The lowest BCUT2D eigenvalue weighted by molar-refractivity contribution is 0.102. The number of fused-ring (bicyclic) bond motifs is 1. The zero-order valence-corrected chi connectivity index (χ0v) is 15.5. The number of amides is 1. The van der Waals surface area contributed by atoms with Gasteiger partial charge >= 0.3 is 0 Å². The van der Waals surface area contributed by atoms with Crippen LogP contribution in [0.1, 0.15) is 40.9 Å². The molecule has 0 unspecified atom stereocenters. The van der Waals surface area contributed by atoms with Crippen LogP contribution < -0.4 is 5.32 Å². The highest BCUT2D eigenvalue weighted by molar-refractivity contribution is 7.15. The van der Waals surface area contributed by atoms with Crippen molar-refractivity contribution in [3.05, 3.63) is 52.9 Å². The minimum atomic E-state index is -0.143. The number of rotatable bonds is 4. The van der Waals surface area contributed by atoms with Crippen molar-refractivity contribution in [2.45, 2.75) is 26.7 Å². The molecule has 132 valence electrons. The number of aryl methyl sites for hydroxylation is 1. The molecule has 26 heavy (non-hydrogen) atoms. The predicted octanol–water partition coefficient (Wildman–Crippen LogP) is 4.96. The third kappa shape index (κ3) is 2.90. The Morgan fingerprint density at radius 2 is 2.12 bits per heavy atom. The van der Waals surface area contributed by atoms with Gasteiger partial charge in [-0.15, -0.1) is 21.5 Å². The molecule has 0 aliphatic heterocycles. The second-order valence-corrected chi connectivity index (χ2v) is 7.64. The maximum Gasteiger partial charge on any atom is 0.257 e. The second kappa shape index (κ2) is 6.42. The van der Waals surface area contributed by atoms with Gasteiger partial charge in [0.05, 0.1) is 10.6 Å². The van der Waals surface area contributed by atoms with Crippen LogP contribution in [0.25, 0.3) is 21.7 Å². The van der Waals surface area contributed by atoms with Gasteiger partial charge in [0.2, 0.25) is 5.89 Å². The van der Waals surface area contributed by atoms with Crippen LogP contribution in [0.3, 0.4) is 0 Å². The summed E-state index contributed by atoms with van der Waals surface area (Å²) in [6.45, 7) is 5.97. The molecular formula is C19H18N4O2S. The van der Waals surface area contributed by atoms with Crippen molar-refractivity contribution in [3.63, 3.8) is 0 Å². The average molecular weight is 366 g/mol. The fraction of sp³-hybridized carbons (Fsp3) is 0.211. The highest BCUT2D eigenvalue weighted by atomic mass is 32.1. The van der Waals surface area contributed by atoms with E-state index in [1.165, 1.54) is 11.3 Å². The summed E-state index contributed by atoms with van der Waals surface area (Å²) in [4.78, 5) is 17.7. The van der Waals surface area contributed by atoms with Crippen LogP contribution >= 0.6 is 11.3 Å². The molecule has 0 radical (unpaired) electrons. The molecule has 0 fully saturated rings. The Balaban J connectivity index is 1.61. The topological polar surface area (TPSA) is 83.8 Å². The molecule has 1 amide bonds. The summed E-state index contributed by atoms with van der Waals surface area (Å²) in [6, 6.07) is 9.42. The van der Waals surface area contributed by atoms with Gasteiger partial charge in [0.15, 0.2) is 0 Å². The number of anilines is 1. The van der Waals surface area contributed by atoms with E-state index in [0.717, 1.165) is 26.3 Å². The molecule has 0 aliphatic rings. The Morgan fingerprint density at radius 3 is 2.88 bits per heavy atom. The summed E-state index contributed by atoms with van der Waals surface area (Å²) in [5, 5.41) is 12.1. The summed E-state index contributed by atoms with van der Waals surface area (Å²) in [7, 11) is 0. The van der Waals surface area contributed by atoms with Crippen LogP contribution in [0.2, 0.25) is 0 Å². The largest absolute Gasteiger partial charge is 0.420 e. The molecule has 6 nitrogen and oxygen atoms in total. The van der Waals surface area contributed by atoms with Gasteiger partial charge in [0, 0.05) is 33.5 Å². The summed E-state index contributed by atoms with van der Waals surface area (Å²) < 4.78 is 5.71. The molecule has 0 spiro atoms. The van der Waals surface area contributed by atoms with Crippen LogP contribution in [-0.4, -0.2) is 21.1 Å². The molecular weight excluding hydrogens is 348 g/mol. The van der Waals surface area contributed by atoms with Crippen LogP contribution in [0.4, 0.5) is 5.69 Å². The minimum Gasteiger partial charge on any atom is -0.420 e. The fourth-order valence-electron chi connectivity index (χ4n) is 2.75. The predicted molar refractivity (Wildman–Crippen MR) is 103 cm³/mol. The number of carbonyl (C=O) groups excluding carboxylic acids is 1. The highest BCUT2D eigenvalue weighted by Gasteiger charge is 2.17. The first-order valence-electron chi connectivity index (χ1n) is 8.34. The Kier molecular flexibility index (Phi) is 4.08. The fourth-order valence-corrected chi connectivity index (χ4v) is 3.65. The molecule has 4 rings (SSSR count). The smallest absolute Gasteiger partial charge is 0.257 e. The molecule has 4 aromatic rings. The van der Waals surface area contributed by atoms with Gasteiger partial charge in [-0.2, -0.15) is 0 Å². The standard InChI is InChI=1S/C19H18N4O2S/c1-10(2)18-22-23-19(25-18)16-9-15(11(3)26-16)21-17(24)13-5-4-6-14-12(13)7-8-20-14/h4-10,20H,1-3H3,(H,21,24). The number of H-pyrrole nitrogens is 1. The average Bonchev–Trinajstić information content (AvgIpc) is 3.33. The first-order valence-corrected chi connectivity index (χ1v) is 9.16. The van der Waals surface area contributed by atoms with Gasteiger partial charge in [0.25, 0.3) is 11.8 Å². The zero-order valence-electron chi connectivity index (χ0n) is 14.7. The molecule has 7 heteroatoms. The van der Waals surface area contributed by atoms with Crippen molar-refractivity contribution in [1.29, 1.82) is 0 Å². The lowest BCUT2D eigenvalue weighted by Crippen LogP contribution is -2.12. The van der Waals surface area contributed by atoms with E-state index in [4.69, 9.17) is 4.42 Å². The maximum absolute atomic E-state index is 12.7. The molecule has 3 heterocycles. The van der Waals surface area contributed by atoms with E-state index < -0.39 is 0 Å². The van der Waals surface area contributed by atoms with Crippen LogP contribution in [0.5, 0.6) is 0 Å². The lowest BCUT2D eigenvalue weighted by Gasteiger charge is -2.05. The van der Waals surface area contributed by atoms with E-state index in [1.807, 2.05) is 57.3 Å². The van der Waals surface area contributed by atoms with E-state index >= 15 is 0 Å². The van der Waals surface area contributed by atoms with Gasteiger partial charge in [-0.05, 0) is 31.2 Å². The molecule has 0 saturated carbocycles. The monoisotopic (exact) mass is 366 g/mol. The van der Waals surface area contributed by atoms with Crippen molar-refractivity contribution >= 4 is 33.8 Å². The molecule has 0 atom stereocenters. The van der Waals surface area contributed by atoms with Gasteiger partial charge in [-0.3, -0.25) is 4.79 Å². The second-order valence-electron chi connectivity index (χ2n) is 6.38. The Morgan fingerprint density at radius 1 is 1.27 bits per heavy atom. The van der Waals surface area contributed by atoms with Crippen molar-refractivity contribution in [2.24, 2.45) is 0 Å². The molecule has 2 N–H and O–H groups in total. The number of nitrogens with zero attached hydrogens (tertiary/aromatic N) is 2. The number of benzene rings is 1. The third-order valence-electron chi connectivity index (χ3n) is 4.15. The number of carbonyl (C=O) groups is 1. The number of nitrogens with one attached hydrogen (secondary N) is 2. The maximum atomic E-state index is 12.7. The third-order valence-corrected chi connectivity index (χ3v) is 5.19. The van der Waals surface area contributed by atoms with Crippen molar-refractivity contribution in [2.75, 3.05) is 5.32 Å². The van der Waals surface area contributed by atoms with Gasteiger partial charge in [-0.25, -0.2) is 0 Å². The van der Waals surface area contributed by atoms with E-state index in [1.54, 1.807) is 0 Å². The van der Waals surface area contributed by atoms with Crippen LogP contribution in [-0.2, 0) is 0 Å². The number of hydrogen-bond acceptors (Lipinski definition) is 5. The minimum absolute atomic E-state index is 0.143. The summed E-state index contributed by atoms with van der Waals surface area (Å²) >= 11 is 1.52. The Labute approximate surface area is 154 Å². The first kappa shape index (κ1) is 16.5. The first-order chi connectivity index (χ1) is 12.5. The molecule has 0 aliphatic carbocycles. The van der Waals surface area contributed by atoms with Crippen molar-refractivity contribution in [1.82, 2.24) is 15.2 Å². The van der Waals surface area contributed by atoms with Gasteiger partial charge in [0.1, 0.15) is 0 Å². The number of aromatic amines is 1. The zero-order chi connectivity index (χ0) is 18.3. The van der Waals surface area contributed by atoms with E-state index in [0.29, 0.717) is 17.3 Å². The normalized spacial score (nSPS) is 11.4. The van der Waals surface area contributed by atoms with Crippen LogP contribution in [0.15, 0.2) is 40.9 Å². The molecule has 0 saturated heterocycles. The molecule has 0 bridgehead atoms. The van der Waals surface area contributed by atoms with Gasteiger partial charge < -0.3 is 14.7 Å².